The minimum absolute atomic E-state index is 0.00150. The number of anilines is 1. The van der Waals surface area contributed by atoms with E-state index in [2.05, 4.69) is 15.5 Å². The van der Waals surface area contributed by atoms with Gasteiger partial charge in [0.1, 0.15) is 11.6 Å². The zero-order valence-electron chi connectivity index (χ0n) is 22.7. The monoisotopic (exact) mass is 622 g/mol. The minimum atomic E-state index is -4.73. The highest BCUT2D eigenvalue weighted by Gasteiger charge is 2.37. The van der Waals surface area contributed by atoms with Crippen molar-refractivity contribution in [3.05, 3.63) is 71.7 Å². The second-order valence-corrected chi connectivity index (χ2v) is 11.6. The standard InChI is InChI=1S/C30H25F7N4OS/c1-29(33,34)22-11-16(32)3-5-19(22)28-26(20-6-8-24-21(13-38-40-24)27(20)43-28)42-18-4-7-25(23(12-18)30(35,36)37)39-17-14-41(15-17)10-2-9-31/h3-8,11-13,17,39H,2,9-10,14-15H2,1H3,(H,38,40). The van der Waals surface area contributed by atoms with Gasteiger partial charge < -0.3 is 10.1 Å². The lowest BCUT2D eigenvalue weighted by molar-refractivity contribution is -0.137. The smallest absolute Gasteiger partial charge is 0.418 e. The minimum Gasteiger partial charge on any atom is -0.455 e. The summed E-state index contributed by atoms with van der Waals surface area (Å²) in [5.41, 5.74) is -0.992. The van der Waals surface area contributed by atoms with Crippen molar-refractivity contribution in [2.24, 2.45) is 0 Å². The number of fused-ring (bicyclic) bond motifs is 3. The number of hydrogen-bond acceptors (Lipinski definition) is 5. The predicted octanol–water partition coefficient (Wildman–Crippen LogP) is 8.96. The van der Waals surface area contributed by atoms with Crippen LogP contribution in [0.3, 0.4) is 0 Å². The molecule has 13 heteroatoms. The number of nitrogens with zero attached hydrogens (tertiary/aromatic N) is 2. The highest BCUT2D eigenvalue weighted by atomic mass is 32.1. The van der Waals surface area contributed by atoms with E-state index in [0.29, 0.717) is 54.0 Å². The Morgan fingerprint density at radius 2 is 1.81 bits per heavy atom. The normalized spacial score (nSPS) is 14.9. The molecule has 1 fully saturated rings. The second-order valence-electron chi connectivity index (χ2n) is 10.6. The van der Waals surface area contributed by atoms with E-state index in [1.54, 1.807) is 18.3 Å². The maximum absolute atomic E-state index is 14.7. The first kappa shape index (κ1) is 29.2. The molecule has 0 spiro atoms. The van der Waals surface area contributed by atoms with Crippen molar-refractivity contribution in [1.29, 1.82) is 0 Å². The number of ether oxygens (including phenoxy) is 1. The third-order valence-electron chi connectivity index (χ3n) is 7.37. The molecule has 2 aromatic heterocycles. The number of hydrogen-bond donors (Lipinski definition) is 2. The predicted molar refractivity (Wildman–Crippen MR) is 152 cm³/mol. The summed E-state index contributed by atoms with van der Waals surface area (Å²) in [6, 6.07) is 9.68. The Morgan fingerprint density at radius 3 is 2.53 bits per heavy atom. The Bertz CT molecular complexity index is 1790. The van der Waals surface area contributed by atoms with Crippen LogP contribution in [0.5, 0.6) is 11.5 Å². The first-order chi connectivity index (χ1) is 20.4. The van der Waals surface area contributed by atoms with Gasteiger partial charge in [-0.05, 0) is 48.9 Å². The van der Waals surface area contributed by atoms with E-state index in [4.69, 9.17) is 4.74 Å². The van der Waals surface area contributed by atoms with E-state index in [0.717, 1.165) is 29.5 Å². The quantitative estimate of drug-likeness (QED) is 0.161. The molecule has 0 radical (unpaired) electrons. The largest absolute Gasteiger partial charge is 0.455 e. The van der Waals surface area contributed by atoms with Crippen LogP contribution < -0.4 is 10.1 Å². The van der Waals surface area contributed by atoms with E-state index in [1.807, 2.05) is 4.90 Å². The molecule has 5 nitrogen and oxygen atoms in total. The van der Waals surface area contributed by atoms with Crippen LogP contribution in [0.15, 0.2) is 54.7 Å². The molecule has 2 N–H and O–H groups in total. The van der Waals surface area contributed by atoms with Gasteiger partial charge in [-0.1, -0.05) is 6.07 Å². The number of halogens is 7. The van der Waals surface area contributed by atoms with Gasteiger partial charge in [-0.15, -0.1) is 11.3 Å². The van der Waals surface area contributed by atoms with Gasteiger partial charge in [0.15, 0.2) is 5.75 Å². The molecule has 3 heterocycles. The van der Waals surface area contributed by atoms with Crippen LogP contribution in [0.2, 0.25) is 0 Å². The van der Waals surface area contributed by atoms with Gasteiger partial charge in [0, 0.05) is 58.8 Å². The fraction of sp³-hybridized carbons (Fsp3) is 0.300. The Hall–Kier alpha value is -3.84. The Kier molecular flexibility index (Phi) is 7.49. The van der Waals surface area contributed by atoms with Crippen molar-refractivity contribution in [2.75, 3.05) is 31.6 Å². The number of H-pyrrole nitrogens is 1. The van der Waals surface area contributed by atoms with Crippen molar-refractivity contribution in [1.82, 2.24) is 15.1 Å². The number of rotatable bonds is 9. The van der Waals surface area contributed by atoms with Crippen LogP contribution in [0.1, 0.15) is 24.5 Å². The number of aromatic amines is 1. The molecule has 0 atom stereocenters. The SMILES string of the molecule is CC(F)(F)c1cc(F)ccc1-c1sc2c(ccc3[nH]ncc32)c1Oc1ccc(NC2CN(CCCF)C2)c(C(F)(F)F)c1. The molecule has 0 bridgehead atoms. The van der Waals surface area contributed by atoms with Gasteiger partial charge >= 0.3 is 6.18 Å². The van der Waals surface area contributed by atoms with Crippen LogP contribution in [0.25, 0.3) is 31.4 Å². The second kappa shape index (κ2) is 11.0. The van der Waals surface area contributed by atoms with Gasteiger partial charge in [-0.2, -0.15) is 18.3 Å². The molecule has 226 valence electrons. The summed E-state index contributed by atoms with van der Waals surface area (Å²) in [6.07, 6.45) is -2.80. The molecule has 1 aliphatic rings. The van der Waals surface area contributed by atoms with E-state index in [9.17, 15) is 30.7 Å². The van der Waals surface area contributed by atoms with Crippen LogP contribution in [0, 0.1) is 5.82 Å². The zero-order chi connectivity index (χ0) is 30.5. The summed E-state index contributed by atoms with van der Waals surface area (Å²) < 4.78 is 105. The van der Waals surface area contributed by atoms with Crippen molar-refractivity contribution >= 4 is 38.0 Å². The fourth-order valence-corrected chi connectivity index (χ4v) is 6.60. The van der Waals surface area contributed by atoms with Crippen LogP contribution in [-0.2, 0) is 12.1 Å². The van der Waals surface area contributed by atoms with Crippen LogP contribution >= 0.6 is 11.3 Å². The first-order valence-electron chi connectivity index (χ1n) is 13.4. The summed E-state index contributed by atoms with van der Waals surface area (Å²) in [6.45, 7) is 1.72. The lowest BCUT2D eigenvalue weighted by atomic mass is 10.00. The highest BCUT2D eigenvalue weighted by Crippen LogP contribution is 2.51. The van der Waals surface area contributed by atoms with Gasteiger partial charge in [0.05, 0.1) is 34.9 Å². The van der Waals surface area contributed by atoms with Crippen molar-refractivity contribution in [3.8, 4) is 21.9 Å². The Morgan fingerprint density at radius 1 is 1.02 bits per heavy atom. The van der Waals surface area contributed by atoms with Crippen LogP contribution in [0.4, 0.5) is 36.4 Å². The summed E-state index contributed by atoms with van der Waals surface area (Å²) in [5, 5.41) is 10.9. The number of thiophene rings is 1. The number of aromatic nitrogens is 2. The maximum Gasteiger partial charge on any atom is 0.418 e. The zero-order valence-corrected chi connectivity index (χ0v) is 23.5. The van der Waals surface area contributed by atoms with Gasteiger partial charge in [0.2, 0.25) is 0 Å². The van der Waals surface area contributed by atoms with E-state index in [1.165, 1.54) is 18.2 Å². The average Bonchev–Trinajstić information content (AvgIpc) is 3.54. The Labute approximate surface area is 245 Å². The molecule has 1 aliphatic heterocycles. The molecule has 43 heavy (non-hydrogen) atoms. The molecule has 5 aromatic rings. The van der Waals surface area contributed by atoms with Crippen LogP contribution in [-0.4, -0.2) is 47.4 Å². The molecule has 0 unspecified atom stereocenters. The molecule has 1 saturated heterocycles. The van der Waals surface area contributed by atoms with Gasteiger partial charge in [-0.3, -0.25) is 14.4 Å². The molecule has 0 saturated carbocycles. The first-order valence-corrected chi connectivity index (χ1v) is 14.2. The van der Waals surface area contributed by atoms with Crippen molar-refractivity contribution in [2.45, 2.75) is 31.5 Å². The molecule has 0 amide bonds. The third kappa shape index (κ3) is 5.75. The fourth-order valence-electron chi connectivity index (χ4n) is 5.32. The number of likely N-dealkylation sites (tertiary alicyclic amines) is 1. The van der Waals surface area contributed by atoms with Crippen molar-refractivity contribution < 1.29 is 35.5 Å². The lowest BCUT2D eigenvalue weighted by Gasteiger charge is -2.40. The summed E-state index contributed by atoms with van der Waals surface area (Å²) >= 11 is 1.10. The third-order valence-corrected chi connectivity index (χ3v) is 8.62. The van der Waals surface area contributed by atoms with E-state index >= 15 is 0 Å². The highest BCUT2D eigenvalue weighted by molar-refractivity contribution is 7.23. The summed E-state index contributed by atoms with van der Waals surface area (Å²) in [7, 11) is 0. The summed E-state index contributed by atoms with van der Waals surface area (Å²) in [5.74, 6) is -4.36. The topological polar surface area (TPSA) is 53.2 Å². The van der Waals surface area contributed by atoms with Gasteiger partial charge in [0.25, 0.3) is 5.92 Å². The number of alkyl halides is 6. The van der Waals surface area contributed by atoms with Gasteiger partial charge in [-0.25, -0.2) is 13.2 Å². The van der Waals surface area contributed by atoms with Crippen molar-refractivity contribution in [3.63, 3.8) is 0 Å². The average molecular weight is 623 g/mol. The van der Waals surface area contributed by atoms with E-state index in [-0.39, 0.29) is 33.7 Å². The maximum atomic E-state index is 14.7. The number of benzene rings is 3. The molecule has 0 aliphatic carbocycles. The molecular formula is C30H25F7N4OS. The Balaban J connectivity index is 1.42. The van der Waals surface area contributed by atoms with E-state index < -0.39 is 35.7 Å². The molecular weight excluding hydrogens is 597 g/mol. The summed E-state index contributed by atoms with van der Waals surface area (Å²) in [4.78, 5) is 2.16. The number of nitrogens with one attached hydrogen (secondary N) is 2. The molecule has 6 rings (SSSR count). The lowest BCUT2D eigenvalue weighted by Crippen LogP contribution is -2.55. The molecule has 3 aromatic carbocycles.